The third-order valence-corrected chi connectivity index (χ3v) is 7.67. The molecule has 0 radical (unpaired) electrons. The molecule has 4 aliphatic carbocycles. The van der Waals surface area contributed by atoms with Gasteiger partial charge >= 0.3 is 0 Å². The van der Waals surface area contributed by atoms with E-state index in [2.05, 4.69) is 12.2 Å². The largest absolute Gasteiger partial charge is 0.497 e. The average molecular weight is 431 g/mol. The van der Waals surface area contributed by atoms with Gasteiger partial charge in [-0.1, -0.05) is 24.3 Å². The minimum Gasteiger partial charge on any atom is -0.497 e. The highest BCUT2D eigenvalue weighted by Gasteiger charge is 2.67. The molecule has 2 bridgehead atoms. The molecule has 0 aromatic heterocycles. The highest BCUT2D eigenvalue weighted by molar-refractivity contribution is 6.22. The zero-order chi connectivity index (χ0) is 22.0. The number of imide groups is 1. The van der Waals surface area contributed by atoms with Gasteiger partial charge in [-0.05, 0) is 72.1 Å². The number of anilines is 1. The van der Waals surface area contributed by atoms with Crippen molar-refractivity contribution in [2.75, 3.05) is 18.6 Å². The summed E-state index contributed by atoms with van der Waals surface area (Å²) in [5, 5.41) is 10.4. The second-order valence-electron chi connectivity index (χ2n) is 9.26. The topological polar surface area (TPSA) is 76.1 Å². The van der Waals surface area contributed by atoms with Gasteiger partial charge in [-0.25, -0.2) is 0 Å². The van der Waals surface area contributed by atoms with Crippen molar-refractivity contribution in [3.8, 4) is 11.5 Å². The predicted octanol–water partition coefficient (Wildman–Crippen LogP) is 3.37. The van der Waals surface area contributed by atoms with Crippen molar-refractivity contribution >= 4 is 17.5 Å². The second kappa shape index (κ2) is 7.20. The van der Waals surface area contributed by atoms with Crippen LogP contribution in [0.1, 0.15) is 18.1 Å². The number of aliphatic hydroxyl groups is 1. The third-order valence-electron chi connectivity index (χ3n) is 7.67. The molecule has 7 atom stereocenters. The van der Waals surface area contributed by atoms with Crippen LogP contribution >= 0.6 is 0 Å². The van der Waals surface area contributed by atoms with E-state index < -0.39 is 6.10 Å². The highest BCUT2D eigenvalue weighted by atomic mass is 16.5. The SMILES string of the molecule is COc1ccc(C(O)COc2ccc(N3C(=O)[C@@H]4[C@@H]5C=C[C@@H]([C@H]6C[C@@H]56)[C@@H]4C3=O)cc2)cc1. The Hall–Kier alpha value is -3.12. The molecule has 7 rings (SSSR count). The van der Waals surface area contributed by atoms with Gasteiger partial charge in [0.2, 0.25) is 11.8 Å². The Morgan fingerprint density at radius 1 is 0.906 bits per heavy atom. The summed E-state index contributed by atoms with van der Waals surface area (Å²) in [5.74, 6) is 2.41. The van der Waals surface area contributed by atoms with Crippen LogP contribution in [0.5, 0.6) is 11.5 Å². The number of aliphatic hydroxyl groups excluding tert-OH is 1. The molecule has 3 fully saturated rings. The normalized spacial score (nSPS) is 32.5. The van der Waals surface area contributed by atoms with Crippen molar-refractivity contribution in [3.05, 3.63) is 66.2 Å². The number of hydrogen-bond donors (Lipinski definition) is 1. The maximum atomic E-state index is 13.2. The number of carbonyl (C=O) groups excluding carboxylic acids is 2. The Kier molecular flexibility index (Phi) is 4.40. The minimum absolute atomic E-state index is 0.0618. The zero-order valence-corrected chi connectivity index (χ0v) is 17.8. The standard InChI is InChI=1S/C26H25NO5/c1-31-16-6-2-14(3-7-16)22(28)13-32-17-8-4-15(5-9-17)27-25(29)23-18-10-11-19(21-12-20(18)21)24(23)26(27)30/h2-11,18-24,28H,12-13H2,1H3/t18-,19+,20+,21-,22?,23-,24+. The molecule has 164 valence electrons. The molecule has 0 spiro atoms. The molecule has 1 aliphatic heterocycles. The Bertz CT molecular complexity index is 1060. The van der Waals surface area contributed by atoms with Crippen LogP contribution in [-0.4, -0.2) is 30.6 Å². The first-order valence-electron chi connectivity index (χ1n) is 11.2. The molecule has 2 aromatic carbocycles. The smallest absolute Gasteiger partial charge is 0.238 e. The second-order valence-corrected chi connectivity index (χ2v) is 9.26. The lowest BCUT2D eigenvalue weighted by molar-refractivity contribution is -0.124. The van der Waals surface area contributed by atoms with Gasteiger partial charge in [0.1, 0.15) is 24.2 Å². The lowest BCUT2D eigenvalue weighted by atomic mass is 9.63. The van der Waals surface area contributed by atoms with E-state index in [-0.39, 0.29) is 42.1 Å². The monoisotopic (exact) mass is 431 g/mol. The number of nitrogens with zero attached hydrogens (tertiary/aromatic N) is 1. The Morgan fingerprint density at radius 2 is 1.47 bits per heavy atom. The Balaban J connectivity index is 1.13. The maximum absolute atomic E-state index is 13.2. The fourth-order valence-corrected chi connectivity index (χ4v) is 6.00. The lowest BCUT2D eigenvalue weighted by Gasteiger charge is -2.37. The van der Waals surface area contributed by atoms with Gasteiger partial charge < -0.3 is 14.6 Å². The summed E-state index contributed by atoms with van der Waals surface area (Å²) in [6, 6.07) is 14.2. The van der Waals surface area contributed by atoms with E-state index in [1.807, 2.05) is 0 Å². The number of hydrogen-bond acceptors (Lipinski definition) is 5. The number of rotatable bonds is 6. The van der Waals surface area contributed by atoms with Crippen molar-refractivity contribution in [2.45, 2.75) is 12.5 Å². The zero-order valence-electron chi connectivity index (χ0n) is 17.8. The number of benzene rings is 2. The van der Waals surface area contributed by atoms with Crippen molar-refractivity contribution in [1.29, 1.82) is 0 Å². The Morgan fingerprint density at radius 3 is 2.03 bits per heavy atom. The molecular weight excluding hydrogens is 406 g/mol. The average Bonchev–Trinajstić information content (AvgIpc) is 3.61. The van der Waals surface area contributed by atoms with Gasteiger partial charge in [0, 0.05) is 0 Å². The van der Waals surface area contributed by atoms with E-state index >= 15 is 0 Å². The minimum atomic E-state index is -0.778. The summed E-state index contributed by atoms with van der Waals surface area (Å²) in [6.07, 6.45) is 4.74. The van der Waals surface area contributed by atoms with Gasteiger partial charge in [-0.3, -0.25) is 14.5 Å². The summed E-state index contributed by atoms with van der Waals surface area (Å²) in [4.78, 5) is 27.8. The first kappa shape index (κ1) is 19.6. The molecule has 1 unspecified atom stereocenters. The summed E-state index contributed by atoms with van der Waals surface area (Å²) in [5.41, 5.74) is 1.32. The van der Waals surface area contributed by atoms with Crippen LogP contribution in [0.2, 0.25) is 0 Å². The fourth-order valence-electron chi connectivity index (χ4n) is 6.00. The van der Waals surface area contributed by atoms with E-state index in [1.54, 1.807) is 55.6 Å². The van der Waals surface area contributed by atoms with Crippen LogP contribution in [0.25, 0.3) is 0 Å². The maximum Gasteiger partial charge on any atom is 0.238 e. The van der Waals surface area contributed by atoms with Crippen molar-refractivity contribution in [2.24, 2.45) is 35.5 Å². The molecule has 5 aliphatic rings. The molecule has 6 nitrogen and oxygen atoms in total. The lowest BCUT2D eigenvalue weighted by Crippen LogP contribution is -2.40. The third kappa shape index (κ3) is 2.89. The summed E-state index contributed by atoms with van der Waals surface area (Å²) >= 11 is 0. The van der Waals surface area contributed by atoms with E-state index in [0.29, 0.717) is 23.3 Å². The van der Waals surface area contributed by atoms with Crippen molar-refractivity contribution < 1.29 is 24.2 Å². The number of ether oxygens (including phenoxy) is 2. The van der Waals surface area contributed by atoms with E-state index in [9.17, 15) is 14.7 Å². The number of methoxy groups -OCH3 is 1. The molecule has 2 aromatic rings. The van der Waals surface area contributed by atoms with Gasteiger partial charge in [-0.2, -0.15) is 0 Å². The van der Waals surface area contributed by atoms with Crippen LogP contribution < -0.4 is 14.4 Å². The highest BCUT2D eigenvalue weighted by Crippen LogP contribution is 2.65. The van der Waals surface area contributed by atoms with E-state index in [4.69, 9.17) is 9.47 Å². The molecule has 2 saturated carbocycles. The number of allylic oxidation sites excluding steroid dienone is 2. The molecule has 1 saturated heterocycles. The quantitative estimate of drug-likeness (QED) is 0.561. The number of carbonyl (C=O) groups is 2. The summed E-state index contributed by atoms with van der Waals surface area (Å²) in [7, 11) is 1.60. The Labute approximate surface area is 186 Å². The number of amides is 2. The van der Waals surface area contributed by atoms with Gasteiger partial charge in [0.05, 0.1) is 24.6 Å². The molecule has 6 heteroatoms. The van der Waals surface area contributed by atoms with E-state index in [1.165, 1.54) is 4.90 Å². The van der Waals surface area contributed by atoms with Crippen LogP contribution in [0.3, 0.4) is 0 Å². The van der Waals surface area contributed by atoms with Gasteiger partial charge in [-0.15, -0.1) is 0 Å². The molecule has 1 heterocycles. The molecule has 2 amide bonds. The first-order valence-corrected chi connectivity index (χ1v) is 11.2. The van der Waals surface area contributed by atoms with E-state index in [0.717, 1.165) is 17.7 Å². The van der Waals surface area contributed by atoms with Crippen LogP contribution in [-0.2, 0) is 9.59 Å². The van der Waals surface area contributed by atoms with Gasteiger partial charge in [0.15, 0.2) is 0 Å². The van der Waals surface area contributed by atoms with Gasteiger partial charge in [0.25, 0.3) is 0 Å². The van der Waals surface area contributed by atoms with Crippen LogP contribution in [0, 0.1) is 35.5 Å². The summed E-state index contributed by atoms with van der Waals surface area (Å²) < 4.78 is 10.9. The summed E-state index contributed by atoms with van der Waals surface area (Å²) in [6.45, 7) is 0.0925. The molecular formula is C26H25NO5. The first-order chi connectivity index (χ1) is 15.6. The molecule has 1 N–H and O–H groups in total. The van der Waals surface area contributed by atoms with Crippen molar-refractivity contribution in [1.82, 2.24) is 0 Å². The predicted molar refractivity (Wildman–Crippen MR) is 117 cm³/mol. The van der Waals surface area contributed by atoms with Crippen molar-refractivity contribution in [3.63, 3.8) is 0 Å². The fraction of sp³-hybridized carbons (Fsp3) is 0.385. The van der Waals surface area contributed by atoms with Crippen LogP contribution in [0.4, 0.5) is 5.69 Å². The molecule has 32 heavy (non-hydrogen) atoms. The van der Waals surface area contributed by atoms with Crippen LogP contribution in [0.15, 0.2) is 60.7 Å².